The normalized spacial score (nSPS) is 16.9. The van der Waals surface area contributed by atoms with Crippen LogP contribution in [-0.2, 0) is 24.2 Å². The number of halogens is 1. The third-order valence-corrected chi connectivity index (χ3v) is 5.15. The van der Waals surface area contributed by atoms with Crippen LogP contribution in [0, 0.1) is 0 Å². The fourth-order valence-electron chi connectivity index (χ4n) is 3.65. The molecule has 0 N–H and O–H groups in total. The number of fused-ring (bicyclic) bond motifs is 1. The van der Waals surface area contributed by atoms with Crippen molar-refractivity contribution in [3.8, 4) is 11.5 Å². The van der Waals surface area contributed by atoms with Crippen molar-refractivity contribution in [1.82, 2.24) is 14.9 Å². The summed E-state index contributed by atoms with van der Waals surface area (Å²) >= 11 is 0. The van der Waals surface area contributed by atoms with E-state index in [1.807, 2.05) is 18.3 Å². The summed E-state index contributed by atoms with van der Waals surface area (Å²) in [5, 5.41) is 0. The Morgan fingerprint density at radius 3 is 2.61 bits per heavy atom. The summed E-state index contributed by atoms with van der Waals surface area (Å²) in [5.41, 5.74) is 3.61. The molecule has 152 valence electrons. The lowest BCUT2D eigenvalue weighted by molar-refractivity contribution is 0.122. The van der Waals surface area contributed by atoms with Gasteiger partial charge in [0.05, 0.1) is 33.1 Å². The predicted molar refractivity (Wildman–Crippen MR) is 110 cm³/mol. The second kappa shape index (κ2) is 9.41. The fourth-order valence-corrected chi connectivity index (χ4v) is 3.65. The van der Waals surface area contributed by atoms with Gasteiger partial charge in [0.2, 0.25) is 5.95 Å². The van der Waals surface area contributed by atoms with Crippen LogP contribution in [0.25, 0.3) is 0 Å². The molecule has 1 aromatic carbocycles. The molecule has 8 heteroatoms. The second-order valence-corrected chi connectivity index (χ2v) is 6.89. The van der Waals surface area contributed by atoms with Crippen LogP contribution in [-0.4, -0.2) is 61.9 Å². The molecule has 0 radical (unpaired) electrons. The smallest absolute Gasteiger partial charge is 0.225 e. The highest BCUT2D eigenvalue weighted by molar-refractivity contribution is 5.85. The Hall–Kier alpha value is -2.09. The van der Waals surface area contributed by atoms with Crippen molar-refractivity contribution >= 4 is 18.4 Å². The number of ether oxygens (including phenoxy) is 3. The van der Waals surface area contributed by atoms with E-state index in [0.29, 0.717) is 0 Å². The molecule has 1 fully saturated rings. The Labute approximate surface area is 172 Å². The number of rotatable bonds is 5. The molecule has 4 rings (SSSR count). The highest BCUT2D eigenvalue weighted by Gasteiger charge is 2.21. The Balaban J connectivity index is 0.00000225. The van der Waals surface area contributed by atoms with Crippen molar-refractivity contribution in [2.75, 3.05) is 52.0 Å². The van der Waals surface area contributed by atoms with E-state index in [1.165, 1.54) is 16.8 Å². The van der Waals surface area contributed by atoms with Crippen molar-refractivity contribution < 1.29 is 14.2 Å². The molecule has 2 aliphatic heterocycles. The first kappa shape index (κ1) is 20.6. The molecule has 28 heavy (non-hydrogen) atoms. The summed E-state index contributed by atoms with van der Waals surface area (Å²) in [6, 6.07) is 6.10. The van der Waals surface area contributed by atoms with E-state index < -0.39 is 0 Å². The zero-order valence-electron chi connectivity index (χ0n) is 16.4. The van der Waals surface area contributed by atoms with Crippen molar-refractivity contribution in [2.45, 2.75) is 19.5 Å². The fraction of sp³-hybridized carbons (Fsp3) is 0.500. The number of aromatic nitrogens is 2. The van der Waals surface area contributed by atoms with Gasteiger partial charge in [-0.1, -0.05) is 6.07 Å². The van der Waals surface area contributed by atoms with Gasteiger partial charge < -0.3 is 19.1 Å². The van der Waals surface area contributed by atoms with E-state index in [4.69, 9.17) is 19.2 Å². The molecule has 0 aliphatic carbocycles. The minimum absolute atomic E-state index is 0. The first-order valence-electron chi connectivity index (χ1n) is 9.37. The maximum absolute atomic E-state index is 5.42. The second-order valence-electron chi connectivity index (χ2n) is 6.89. The average molecular weight is 407 g/mol. The molecule has 7 nitrogen and oxygen atoms in total. The predicted octanol–water partition coefficient (Wildman–Crippen LogP) is 2.31. The quantitative estimate of drug-likeness (QED) is 0.755. The summed E-state index contributed by atoms with van der Waals surface area (Å²) in [7, 11) is 3.33. The van der Waals surface area contributed by atoms with E-state index in [9.17, 15) is 0 Å². The third-order valence-electron chi connectivity index (χ3n) is 5.15. The maximum Gasteiger partial charge on any atom is 0.225 e. The van der Waals surface area contributed by atoms with Crippen molar-refractivity contribution in [1.29, 1.82) is 0 Å². The molecule has 0 amide bonds. The van der Waals surface area contributed by atoms with Gasteiger partial charge in [-0.3, -0.25) is 4.90 Å². The summed E-state index contributed by atoms with van der Waals surface area (Å²) in [6.07, 6.45) is 2.94. The monoisotopic (exact) mass is 406 g/mol. The van der Waals surface area contributed by atoms with Gasteiger partial charge in [0.15, 0.2) is 11.5 Å². The van der Waals surface area contributed by atoms with E-state index in [-0.39, 0.29) is 12.4 Å². The van der Waals surface area contributed by atoms with Gasteiger partial charge in [-0.15, -0.1) is 12.4 Å². The zero-order valence-corrected chi connectivity index (χ0v) is 17.2. The van der Waals surface area contributed by atoms with Gasteiger partial charge in [-0.05, 0) is 17.7 Å². The Kier molecular flexibility index (Phi) is 6.93. The summed E-state index contributed by atoms with van der Waals surface area (Å²) in [5.74, 6) is 2.37. The number of nitrogens with zero attached hydrogens (tertiary/aromatic N) is 4. The van der Waals surface area contributed by atoms with Crippen molar-refractivity contribution in [3.63, 3.8) is 0 Å². The Morgan fingerprint density at radius 2 is 1.86 bits per heavy atom. The topological polar surface area (TPSA) is 60.0 Å². The van der Waals surface area contributed by atoms with Crippen molar-refractivity contribution in [2.24, 2.45) is 0 Å². The van der Waals surface area contributed by atoms with E-state index in [1.54, 1.807) is 14.2 Å². The Morgan fingerprint density at radius 1 is 1.07 bits per heavy atom. The zero-order chi connectivity index (χ0) is 18.6. The van der Waals surface area contributed by atoms with Crippen LogP contribution in [0.2, 0.25) is 0 Å². The molecule has 1 aromatic heterocycles. The van der Waals surface area contributed by atoms with Crippen LogP contribution in [0.5, 0.6) is 11.5 Å². The van der Waals surface area contributed by atoms with Gasteiger partial charge in [0.1, 0.15) is 0 Å². The molecule has 1 saturated heterocycles. The van der Waals surface area contributed by atoms with Gasteiger partial charge in [0.25, 0.3) is 0 Å². The van der Waals surface area contributed by atoms with Crippen LogP contribution in [0.3, 0.4) is 0 Å². The van der Waals surface area contributed by atoms with Crippen LogP contribution >= 0.6 is 12.4 Å². The lowest BCUT2D eigenvalue weighted by Gasteiger charge is -2.30. The molecule has 3 heterocycles. The minimum atomic E-state index is 0. The van der Waals surface area contributed by atoms with Crippen LogP contribution in [0.4, 0.5) is 5.95 Å². The van der Waals surface area contributed by atoms with Crippen LogP contribution < -0.4 is 14.4 Å². The van der Waals surface area contributed by atoms with Gasteiger partial charge in [0, 0.05) is 50.9 Å². The highest BCUT2D eigenvalue weighted by atomic mass is 35.5. The number of benzene rings is 1. The third kappa shape index (κ3) is 4.48. The molecule has 0 saturated carbocycles. The molecular weight excluding hydrogens is 380 g/mol. The van der Waals surface area contributed by atoms with Crippen LogP contribution in [0.15, 0.2) is 24.4 Å². The standard InChI is InChI=1S/C20H26N4O3.ClH/c1-25-18-4-3-15(11-19(18)26-2)13-23-6-5-17-16(14-23)12-21-20(22-17)24-7-9-27-10-8-24;/h3-4,11-12H,5-10,13-14H2,1-2H3;1H. The largest absolute Gasteiger partial charge is 0.493 e. The lowest BCUT2D eigenvalue weighted by Crippen LogP contribution is -2.38. The van der Waals surface area contributed by atoms with E-state index in [2.05, 4.69) is 20.9 Å². The van der Waals surface area contributed by atoms with Gasteiger partial charge >= 0.3 is 0 Å². The van der Waals surface area contributed by atoms with Gasteiger partial charge in [-0.2, -0.15) is 0 Å². The summed E-state index contributed by atoms with van der Waals surface area (Å²) < 4.78 is 16.2. The molecule has 0 atom stereocenters. The molecule has 2 aromatic rings. The Bertz CT molecular complexity index is 799. The average Bonchev–Trinajstić information content (AvgIpc) is 2.74. The summed E-state index contributed by atoms with van der Waals surface area (Å²) in [6.45, 7) is 5.95. The van der Waals surface area contributed by atoms with Crippen molar-refractivity contribution in [3.05, 3.63) is 41.2 Å². The maximum atomic E-state index is 5.42. The van der Waals surface area contributed by atoms with E-state index in [0.717, 1.165) is 69.8 Å². The van der Waals surface area contributed by atoms with Gasteiger partial charge in [-0.25, -0.2) is 9.97 Å². The van der Waals surface area contributed by atoms with Crippen LogP contribution in [0.1, 0.15) is 16.8 Å². The minimum Gasteiger partial charge on any atom is -0.493 e. The molecular formula is C20H27ClN4O3. The molecule has 0 bridgehead atoms. The molecule has 2 aliphatic rings. The SMILES string of the molecule is COc1ccc(CN2CCc3nc(N4CCOCC4)ncc3C2)cc1OC.Cl. The number of methoxy groups -OCH3 is 2. The first-order valence-corrected chi connectivity index (χ1v) is 9.37. The highest BCUT2D eigenvalue weighted by Crippen LogP contribution is 2.29. The number of anilines is 1. The number of hydrogen-bond acceptors (Lipinski definition) is 7. The van der Waals surface area contributed by atoms with E-state index >= 15 is 0 Å². The molecule has 0 spiro atoms. The number of hydrogen-bond donors (Lipinski definition) is 0. The number of morpholine rings is 1. The summed E-state index contributed by atoms with van der Waals surface area (Å²) in [4.78, 5) is 14.1. The lowest BCUT2D eigenvalue weighted by atomic mass is 10.1. The first-order chi connectivity index (χ1) is 13.3. The molecule has 0 unspecified atom stereocenters.